The van der Waals surface area contributed by atoms with E-state index in [1.54, 1.807) is 0 Å². The Morgan fingerprint density at radius 1 is 1.38 bits per heavy atom. The van der Waals surface area contributed by atoms with Gasteiger partial charge in [0.25, 0.3) is 0 Å². The topological polar surface area (TPSA) is 32.3 Å². The van der Waals surface area contributed by atoms with Crippen molar-refractivity contribution in [3.63, 3.8) is 0 Å². The van der Waals surface area contributed by atoms with Crippen LogP contribution >= 0.6 is 0 Å². The van der Waals surface area contributed by atoms with Crippen molar-refractivity contribution in [2.45, 2.75) is 64.7 Å². The van der Waals surface area contributed by atoms with Gasteiger partial charge in [-0.25, -0.2) is 0 Å². The first-order valence-corrected chi connectivity index (χ1v) is 8.25. The molecule has 0 aromatic heterocycles. The molecule has 1 aromatic rings. The zero-order chi connectivity index (χ0) is 15.0. The van der Waals surface area contributed by atoms with E-state index >= 15 is 0 Å². The van der Waals surface area contributed by atoms with E-state index in [1.807, 2.05) is 0 Å². The van der Waals surface area contributed by atoms with Crippen LogP contribution < -0.4 is 5.32 Å². The summed E-state index contributed by atoms with van der Waals surface area (Å²) < 4.78 is 0. The lowest BCUT2D eigenvalue weighted by Gasteiger charge is -2.31. The van der Waals surface area contributed by atoms with Gasteiger partial charge in [0.15, 0.2) is 0 Å². The van der Waals surface area contributed by atoms with E-state index in [2.05, 4.69) is 55.3 Å². The molecule has 1 N–H and O–H groups in total. The highest BCUT2D eigenvalue weighted by atomic mass is 16.2. The number of amides is 1. The molecular formula is C18H26N2O. The molecule has 1 aliphatic carbocycles. The summed E-state index contributed by atoms with van der Waals surface area (Å²) in [6.45, 7) is 6.40. The predicted octanol–water partition coefficient (Wildman–Crippen LogP) is 3.39. The number of hydrogen-bond donors (Lipinski definition) is 1. The lowest BCUT2D eigenvalue weighted by molar-refractivity contribution is -0.132. The normalized spacial score (nSPS) is 27.2. The summed E-state index contributed by atoms with van der Waals surface area (Å²) in [5.74, 6) is 1.11. The molecule has 3 nitrogen and oxygen atoms in total. The average Bonchev–Trinajstić information content (AvgIpc) is 3.20. The zero-order valence-electron chi connectivity index (χ0n) is 13.3. The summed E-state index contributed by atoms with van der Waals surface area (Å²) in [6.07, 6.45) is 4.72. The van der Waals surface area contributed by atoms with Crippen LogP contribution in [0.5, 0.6) is 0 Å². The Morgan fingerprint density at radius 3 is 2.76 bits per heavy atom. The van der Waals surface area contributed by atoms with Gasteiger partial charge >= 0.3 is 0 Å². The minimum Gasteiger partial charge on any atom is -0.319 e. The van der Waals surface area contributed by atoms with Gasteiger partial charge in [0.05, 0.1) is 6.04 Å². The van der Waals surface area contributed by atoms with Crippen molar-refractivity contribution in [2.24, 2.45) is 5.92 Å². The van der Waals surface area contributed by atoms with Gasteiger partial charge < -0.3 is 4.90 Å². The fraction of sp³-hybridized carbons (Fsp3) is 0.611. The van der Waals surface area contributed by atoms with Crippen molar-refractivity contribution in [1.82, 2.24) is 10.2 Å². The summed E-state index contributed by atoms with van der Waals surface area (Å²) in [5, 5.41) is 3.53. The van der Waals surface area contributed by atoms with Gasteiger partial charge in [-0.05, 0) is 38.2 Å². The van der Waals surface area contributed by atoms with Gasteiger partial charge in [-0.3, -0.25) is 10.1 Å². The van der Waals surface area contributed by atoms with Gasteiger partial charge in [-0.2, -0.15) is 0 Å². The third-order valence-electron chi connectivity index (χ3n) is 4.80. The second-order valence-electron chi connectivity index (χ2n) is 6.72. The fourth-order valence-electron chi connectivity index (χ4n) is 3.46. The molecule has 0 radical (unpaired) electrons. The summed E-state index contributed by atoms with van der Waals surface area (Å²) in [6, 6.07) is 8.80. The van der Waals surface area contributed by atoms with E-state index in [1.165, 1.54) is 24.0 Å². The quantitative estimate of drug-likeness (QED) is 0.900. The Bertz CT molecular complexity index is 524. The minimum atomic E-state index is -0.0304. The van der Waals surface area contributed by atoms with Crippen molar-refractivity contribution < 1.29 is 4.79 Å². The summed E-state index contributed by atoms with van der Waals surface area (Å²) in [7, 11) is 0. The molecular weight excluding hydrogens is 260 g/mol. The lowest BCUT2D eigenvalue weighted by Crippen LogP contribution is -2.38. The molecule has 2 fully saturated rings. The van der Waals surface area contributed by atoms with Crippen molar-refractivity contribution in [3.8, 4) is 0 Å². The van der Waals surface area contributed by atoms with Gasteiger partial charge in [0, 0.05) is 6.04 Å². The first-order valence-electron chi connectivity index (χ1n) is 8.25. The SMILES string of the molecule is CCC1NC(c2cccc(C)c2)N(C(C)CC2CC2)C1=O. The Hall–Kier alpha value is -1.35. The molecule has 2 aliphatic rings. The van der Waals surface area contributed by atoms with Gasteiger partial charge in [0.2, 0.25) is 5.91 Å². The standard InChI is InChI=1S/C18H26N2O/c1-4-16-18(21)20(13(3)11-14-8-9-14)17(19-16)15-7-5-6-12(2)10-15/h5-7,10,13-14,16-17,19H,4,8-9,11H2,1-3H3. The number of benzene rings is 1. The van der Waals surface area contributed by atoms with Crippen LogP contribution in [-0.4, -0.2) is 22.9 Å². The van der Waals surface area contributed by atoms with Gasteiger partial charge in [-0.1, -0.05) is 49.6 Å². The molecule has 21 heavy (non-hydrogen) atoms. The van der Waals surface area contributed by atoms with Crippen molar-refractivity contribution >= 4 is 5.91 Å². The molecule has 114 valence electrons. The molecule has 1 heterocycles. The van der Waals surface area contributed by atoms with Crippen molar-refractivity contribution in [1.29, 1.82) is 0 Å². The third kappa shape index (κ3) is 2.98. The first kappa shape index (κ1) is 14.6. The van der Waals surface area contributed by atoms with E-state index in [0.717, 1.165) is 18.8 Å². The molecule has 3 unspecified atom stereocenters. The maximum absolute atomic E-state index is 12.7. The van der Waals surface area contributed by atoms with Gasteiger partial charge in [-0.15, -0.1) is 0 Å². The van der Waals surface area contributed by atoms with Crippen molar-refractivity contribution in [2.75, 3.05) is 0 Å². The lowest BCUT2D eigenvalue weighted by atomic mass is 10.1. The Kier molecular flexibility index (Phi) is 4.03. The van der Waals surface area contributed by atoms with Crippen LogP contribution in [-0.2, 0) is 4.79 Å². The number of carbonyl (C=O) groups is 1. The first-order chi connectivity index (χ1) is 10.1. The highest BCUT2D eigenvalue weighted by Gasteiger charge is 2.42. The summed E-state index contributed by atoms with van der Waals surface area (Å²) >= 11 is 0. The molecule has 0 bridgehead atoms. The molecule has 1 amide bonds. The maximum Gasteiger partial charge on any atom is 0.241 e. The Morgan fingerprint density at radius 2 is 2.14 bits per heavy atom. The Balaban J connectivity index is 1.86. The monoisotopic (exact) mass is 286 g/mol. The average molecular weight is 286 g/mol. The molecule has 1 aromatic carbocycles. The van der Waals surface area contributed by atoms with Crippen LogP contribution in [0.4, 0.5) is 0 Å². The maximum atomic E-state index is 12.7. The zero-order valence-corrected chi connectivity index (χ0v) is 13.3. The molecule has 1 aliphatic heterocycles. The summed E-state index contributed by atoms with van der Waals surface area (Å²) in [5.41, 5.74) is 2.46. The highest BCUT2D eigenvalue weighted by molar-refractivity contribution is 5.84. The molecule has 1 saturated heterocycles. The van der Waals surface area contributed by atoms with E-state index < -0.39 is 0 Å². The highest BCUT2D eigenvalue weighted by Crippen LogP contribution is 2.37. The number of aryl methyl sites for hydroxylation is 1. The van der Waals surface area contributed by atoms with E-state index in [-0.39, 0.29) is 18.1 Å². The minimum absolute atomic E-state index is 0.0304. The smallest absolute Gasteiger partial charge is 0.241 e. The number of rotatable bonds is 5. The van der Waals surface area contributed by atoms with Crippen LogP contribution in [0.25, 0.3) is 0 Å². The second kappa shape index (κ2) is 5.80. The molecule has 1 saturated carbocycles. The van der Waals surface area contributed by atoms with Crippen LogP contribution in [0.3, 0.4) is 0 Å². The molecule has 0 spiro atoms. The molecule has 3 atom stereocenters. The van der Waals surface area contributed by atoms with Crippen LogP contribution in [0.2, 0.25) is 0 Å². The predicted molar refractivity (Wildman–Crippen MR) is 84.8 cm³/mol. The number of carbonyl (C=O) groups excluding carboxylic acids is 1. The van der Waals surface area contributed by atoms with Crippen LogP contribution in [0.15, 0.2) is 24.3 Å². The fourth-order valence-corrected chi connectivity index (χ4v) is 3.46. The van der Waals surface area contributed by atoms with Crippen molar-refractivity contribution in [3.05, 3.63) is 35.4 Å². The van der Waals surface area contributed by atoms with Gasteiger partial charge in [0.1, 0.15) is 6.17 Å². The van der Waals surface area contributed by atoms with Crippen LogP contribution in [0, 0.1) is 12.8 Å². The second-order valence-corrected chi connectivity index (χ2v) is 6.72. The van der Waals surface area contributed by atoms with E-state index in [9.17, 15) is 4.79 Å². The van der Waals surface area contributed by atoms with Crippen LogP contribution in [0.1, 0.15) is 56.8 Å². The largest absolute Gasteiger partial charge is 0.319 e. The Labute approximate surface area is 127 Å². The summed E-state index contributed by atoms with van der Waals surface area (Å²) in [4.78, 5) is 14.8. The molecule has 3 rings (SSSR count). The molecule has 3 heteroatoms. The number of nitrogens with one attached hydrogen (secondary N) is 1. The number of hydrogen-bond acceptors (Lipinski definition) is 2. The third-order valence-corrected chi connectivity index (χ3v) is 4.80. The van der Waals surface area contributed by atoms with E-state index in [4.69, 9.17) is 0 Å². The number of nitrogens with zero attached hydrogens (tertiary/aromatic N) is 1. The van der Waals surface area contributed by atoms with E-state index in [0.29, 0.717) is 6.04 Å².